The lowest BCUT2D eigenvalue weighted by molar-refractivity contribution is -0.124. The van der Waals surface area contributed by atoms with Gasteiger partial charge in [-0.15, -0.1) is 0 Å². The second-order valence-corrected chi connectivity index (χ2v) is 6.47. The van der Waals surface area contributed by atoms with Gasteiger partial charge in [0.25, 0.3) is 0 Å². The maximum Gasteiger partial charge on any atom is 0.237 e. The van der Waals surface area contributed by atoms with E-state index in [1.54, 1.807) is 0 Å². The van der Waals surface area contributed by atoms with Crippen LogP contribution in [0.3, 0.4) is 0 Å². The van der Waals surface area contributed by atoms with Crippen molar-refractivity contribution in [3.05, 3.63) is 0 Å². The van der Waals surface area contributed by atoms with Gasteiger partial charge in [0.2, 0.25) is 5.91 Å². The van der Waals surface area contributed by atoms with E-state index in [1.165, 1.54) is 25.8 Å². The number of nitrogens with zero attached hydrogens (tertiary/aromatic N) is 1. The van der Waals surface area contributed by atoms with E-state index in [9.17, 15) is 4.79 Å². The Morgan fingerprint density at radius 3 is 2.58 bits per heavy atom. The quantitative estimate of drug-likeness (QED) is 0.734. The normalized spacial score (nSPS) is 31.6. The monoisotopic (exact) mass is 267 g/mol. The van der Waals surface area contributed by atoms with Crippen LogP contribution in [-0.2, 0) is 4.79 Å². The van der Waals surface area contributed by atoms with Crippen molar-refractivity contribution in [3.63, 3.8) is 0 Å². The molecule has 4 N–H and O–H groups in total. The summed E-state index contributed by atoms with van der Waals surface area (Å²) in [5.41, 5.74) is 11.0. The van der Waals surface area contributed by atoms with E-state index < -0.39 is 5.54 Å². The summed E-state index contributed by atoms with van der Waals surface area (Å²) in [7, 11) is 0. The molecule has 0 saturated heterocycles. The molecule has 2 rings (SSSR count). The molecule has 2 atom stereocenters. The van der Waals surface area contributed by atoms with Gasteiger partial charge in [-0.3, -0.25) is 4.79 Å². The van der Waals surface area contributed by atoms with Crippen LogP contribution in [-0.4, -0.2) is 36.0 Å². The highest BCUT2D eigenvalue weighted by Gasteiger charge is 2.44. The third-order valence-corrected chi connectivity index (χ3v) is 5.31. The molecule has 0 aromatic rings. The maximum absolute atomic E-state index is 11.6. The number of carbonyl (C=O) groups is 1. The molecule has 0 aliphatic heterocycles. The number of carbonyl (C=O) groups excluding carboxylic acids is 1. The number of nitrogens with two attached hydrogens (primary N) is 2. The Morgan fingerprint density at radius 2 is 2.05 bits per heavy atom. The molecule has 1 amide bonds. The minimum atomic E-state index is -0.740. The molecule has 0 aromatic heterocycles. The molecule has 110 valence electrons. The third kappa shape index (κ3) is 3.29. The first kappa shape index (κ1) is 14.8. The largest absolute Gasteiger partial charge is 0.368 e. The van der Waals surface area contributed by atoms with E-state index in [2.05, 4.69) is 11.8 Å². The fraction of sp³-hybridized carbons (Fsp3) is 0.933. The topological polar surface area (TPSA) is 72.3 Å². The van der Waals surface area contributed by atoms with Gasteiger partial charge in [-0.25, -0.2) is 0 Å². The van der Waals surface area contributed by atoms with Crippen molar-refractivity contribution in [1.29, 1.82) is 0 Å². The van der Waals surface area contributed by atoms with Gasteiger partial charge in [0, 0.05) is 6.54 Å². The van der Waals surface area contributed by atoms with E-state index in [-0.39, 0.29) is 11.8 Å². The fourth-order valence-corrected chi connectivity index (χ4v) is 3.59. The minimum Gasteiger partial charge on any atom is -0.368 e. The zero-order valence-corrected chi connectivity index (χ0v) is 12.2. The van der Waals surface area contributed by atoms with Crippen LogP contribution in [0.25, 0.3) is 0 Å². The van der Waals surface area contributed by atoms with Crippen LogP contribution >= 0.6 is 0 Å². The molecule has 0 aromatic carbocycles. The van der Waals surface area contributed by atoms with Crippen LogP contribution in [0.4, 0.5) is 0 Å². The highest BCUT2D eigenvalue weighted by molar-refractivity contribution is 5.85. The fourth-order valence-electron chi connectivity index (χ4n) is 3.59. The van der Waals surface area contributed by atoms with Crippen LogP contribution in [0.1, 0.15) is 51.9 Å². The van der Waals surface area contributed by atoms with Crippen molar-refractivity contribution in [2.75, 3.05) is 19.6 Å². The summed E-state index contributed by atoms with van der Waals surface area (Å²) in [6.07, 6.45) is 8.06. The molecule has 0 bridgehead atoms. The molecular formula is C15H29N3O. The van der Waals surface area contributed by atoms with Crippen molar-refractivity contribution in [1.82, 2.24) is 4.90 Å². The van der Waals surface area contributed by atoms with Crippen molar-refractivity contribution in [2.45, 2.75) is 57.4 Å². The highest BCUT2D eigenvalue weighted by atomic mass is 16.1. The Kier molecular flexibility index (Phi) is 4.85. The lowest BCUT2D eigenvalue weighted by Gasteiger charge is -2.34. The summed E-state index contributed by atoms with van der Waals surface area (Å²) in [6.45, 7) is 5.59. The van der Waals surface area contributed by atoms with Crippen molar-refractivity contribution in [3.8, 4) is 0 Å². The molecule has 0 heterocycles. The first-order chi connectivity index (χ1) is 9.06. The summed E-state index contributed by atoms with van der Waals surface area (Å²) < 4.78 is 0. The van der Waals surface area contributed by atoms with E-state index >= 15 is 0 Å². The Bertz CT molecular complexity index is 317. The van der Waals surface area contributed by atoms with Gasteiger partial charge in [-0.1, -0.05) is 19.8 Å². The number of hydrogen-bond acceptors (Lipinski definition) is 3. The summed E-state index contributed by atoms with van der Waals surface area (Å²) in [6, 6.07) is 0. The summed E-state index contributed by atoms with van der Waals surface area (Å²) in [5, 5.41) is 0. The van der Waals surface area contributed by atoms with Crippen LogP contribution in [0.5, 0.6) is 0 Å². The molecule has 4 heteroatoms. The molecule has 2 saturated carbocycles. The number of primary amides is 1. The Hall–Kier alpha value is -0.610. The Morgan fingerprint density at radius 1 is 1.32 bits per heavy atom. The second-order valence-electron chi connectivity index (χ2n) is 6.47. The van der Waals surface area contributed by atoms with Crippen LogP contribution in [0, 0.1) is 11.8 Å². The standard InChI is InChI=1S/C15H29N3O/c1-2-18(11-12-5-3-6-12)10-8-13-7-4-9-15(13,17)14(16)19/h12-13H,2-11,17H2,1H3,(H2,16,19). The lowest BCUT2D eigenvalue weighted by atomic mass is 9.83. The van der Waals surface area contributed by atoms with Gasteiger partial charge in [-0.05, 0) is 57.0 Å². The summed E-state index contributed by atoms with van der Waals surface area (Å²) >= 11 is 0. The Balaban J connectivity index is 1.80. The second kappa shape index (κ2) is 6.23. The summed E-state index contributed by atoms with van der Waals surface area (Å²) in [4.78, 5) is 14.1. The first-order valence-corrected chi connectivity index (χ1v) is 7.87. The lowest BCUT2D eigenvalue weighted by Crippen LogP contribution is -2.55. The first-order valence-electron chi connectivity index (χ1n) is 7.87. The SMILES string of the molecule is CCN(CCC1CCCC1(N)C(N)=O)CC1CCC1. The highest BCUT2D eigenvalue weighted by Crippen LogP contribution is 2.36. The molecule has 0 radical (unpaired) electrons. The molecule has 2 unspecified atom stereocenters. The van der Waals surface area contributed by atoms with Gasteiger partial charge >= 0.3 is 0 Å². The van der Waals surface area contributed by atoms with Crippen LogP contribution < -0.4 is 11.5 Å². The molecule has 19 heavy (non-hydrogen) atoms. The van der Waals surface area contributed by atoms with Gasteiger partial charge in [0.1, 0.15) is 0 Å². The molecule has 2 aliphatic rings. The number of amides is 1. The van der Waals surface area contributed by atoms with E-state index in [0.717, 1.165) is 44.7 Å². The predicted molar refractivity (Wildman–Crippen MR) is 77.5 cm³/mol. The van der Waals surface area contributed by atoms with Crippen LogP contribution in [0.15, 0.2) is 0 Å². The predicted octanol–water partition coefficient (Wildman–Crippen LogP) is 1.48. The molecular weight excluding hydrogens is 238 g/mol. The maximum atomic E-state index is 11.6. The third-order valence-electron chi connectivity index (χ3n) is 5.31. The van der Waals surface area contributed by atoms with Gasteiger partial charge in [0.05, 0.1) is 5.54 Å². The zero-order chi connectivity index (χ0) is 13.9. The van der Waals surface area contributed by atoms with Crippen molar-refractivity contribution in [2.24, 2.45) is 23.3 Å². The van der Waals surface area contributed by atoms with Gasteiger partial charge in [0.15, 0.2) is 0 Å². The van der Waals surface area contributed by atoms with Crippen molar-refractivity contribution >= 4 is 5.91 Å². The molecule has 0 spiro atoms. The van der Waals surface area contributed by atoms with E-state index in [0.29, 0.717) is 0 Å². The average Bonchev–Trinajstić information content (AvgIpc) is 2.70. The summed E-state index contributed by atoms with van der Waals surface area (Å²) in [5.74, 6) is 0.875. The van der Waals surface area contributed by atoms with Crippen molar-refractivity contribution < 1.29 is 4.79 Å². The average molecular weight is 267 g/mol. The number of rotatable bonds is 7. The minimum absolute atomic E-state index is 0.278. The van der Waals surface area contributed by atoms with Gasteiger partial charge in [-0.2, -0.15) is 0 Å². The smallest absolute Gasteiger partial charge is 0.237 e. The molecule has 2 aliphatic carbocycles. The molecule has 2 fully saturated rings. The van der Waals surface area contributed by atoms with Crippen LogP contribution in [0.2, 0.25) is 0 Å². The van der Waals surface area contributed by atoms with E-state index in [4.69, 9.17) is 11.5 Å². The molecule has 4 nitrogen and oxygen atoms in total. The zero-order valence-electron chi connectivity index (χ0n) is 12.2. The van der Waals surface area contributed by atoms with E-state index in [1.807, 2.05) is 0 Å². The number of hydrogen-bond donors (Lipinski definition) is 2. The Labute approximate surface area is 116 Å². The van der Waals surface area contributed by atoms with Gasteiger partial charge < -0.3 is 16.4 Å².